The summed E-state index contributed by atoms with van der Waals surface area (Å²) in [7, 11) is 0. The Hall–Kier alpha value is -2.22. The summed E-state index contributed by atoms with van der Waals surface area (Å²) in [4.78, 5) is 6.93. The van der Waals surface area contributed by atoms with Crippen LogP contribution in [-0.2, 0) is 4.74 Å². The van der Waals surface area contributed by atoms with Gasteiger partial charge in [-0.15, -0.1) is 0 Å². The fourth-order valence-corrected chi connectivity index (χ4v) is 4.98. The molecule has 154 valence electrons. The topological polar surface area (TPSA) is 42.3 Å². The minimum absolute atomic E-state index is 0.0234. The maximum Gasteiger partial charge on any atom is 0.170 e. The Morgan fingerprint density at radius 1 is 1.13 bits per heavy atom. The number of aromatic nitrogens is 2. The van der Waals surface area contributed by atoms with Crippen molar-refractivity contribution >= 4 is 33.3 Å². The van der Waals surface area contributed by atoms with Gasteiger partial charge in [0.15, 0.2) is 5.11 Å². The third kappa shape index (κ3) is 3.77. The number of benzene rings is 1. The third-order valence-corrected chi connectivity index (χ3v) is 6.69. The normalized spacial score (nSPS) is 23.7. The van der Waals surface area contributed by atoms with Crippen molar-refractivity contribution in [2.75, 3.05) is 13.2 Å². The highest BCUT2D eigenvalue weighted by Crippen LogP contribution is 2.40. The molecule has 2 aromatic heterocycles. The molecule has 5 nitrogen and oxygen atoms in total. The highest BCUT2D eigenvalue weighted by molar-refractivity contribution is 9.10. The quantitative estimate of drug-likeness (QED) is 0.529. The Kier molecular flexibility index (Phi) is 5.58. The van der Waals surface area contributed by atoms with E-state index >= 15 is 0 Å². The zero-order valence-corrected chi connectivity index (χ0v) is 18.8. The second-order valence-corrected chi connectivity index (χ2v) is 9.00. The Morgan fingerprint density at radius 2 is 2.00 bits per heavy atom. The smallest absolute Gasteiger partial charge is 0.170 e. The molecule has 0 radical (unpaired) electrons. The van der Waals surface area contributed by atoms with Crippen LogP contribution in [0.25, 0.3) is 5.69 Å². The Bertz CT molecular complexity index is 1020. The predicted octanol–water partition coefficient (Wildman–Crippen LogP) is 4.79. The monoisotopic (exact) mass is 482 g/mol. The van der Waals surface area contributed by atoms with Crippen LogP contribution >= 0.6 is 28.1 Å². The summed E-state index contributed by atoms with van der Waals surface area (Å²) >= 11 is 9.33. The minimum atomic E-state index is -0.0239. The largest absolute Gasteiger partial charge is 0.376 e. The summed E-state index contributed by atoms with van der Waals surface area (Å²) in [5, 5.41) is 4.30. The molecule has 0 amide bonds. The van der Waals surface area contributed by atoms with Gasteiger partial charge in [-0.05, 0) is 73.6 Å². The molecule has 3 atom stereocenters. The van der Waals surface area contributed by atoms with E-state index in [1.54, 1.807) is 0 Å². The molecule has 2 aliphatic heterocycles. The van der Waals surface area contributed by atoms with Crippen LogP contribution in [0.3, 0.4) is 0 Å². The van der Waals surface area contributed by atoms with E-state index in [1.165, 1.54) is 5.69 Å². The first-order chi connectivity index (χ1) is 14.7. The van der Waals surface area contributed by atoms with Crippen LogP contribution < -0.4 is 5.32 Å². The van der Waals surface area contributed by atoms with Crippen molar-refractivity contribution in [3.8, 4) is 5.69 Å². The lowest BCUT2D eigenvalue weighted by atomic mass is 10.0. The van der Waals surface area contributed by atoms with Gasteiger partial charge in [-0.3, -0.25) is 4.98 Å². The van der Waals surface area contributed by atoms with Gasteiger partial charge in [0.25, 0.3) is 0 Å². The summed E-state index contributed by atoms with van der Waals surface area (Å²) in [6, 6.07) is 18.7. The summed E-state index contributed by atoms with van der Waals surface area (Å²) in [6.45, 7) is 1.62. The van der Waals surface area contributed by atoms with Crippen molar-refractivity contribution in [3.63, 3.8) is 0 Å². The fourth-order valence-electron chi connectivity index (χ4n) is 4.40. The number of nitrogens with zero attached hydrogens (tertiary/aromatic N) is 3. The molecule has 1 aromatic carbocycles. The van der Waals surface area contributed by atoms with Gasteiger partial charge in [0, 0.05) is 41.4 Å². The number of nitrogens with one attached hydrogen (secondary N) is 1. The number of hydrogen-bond acceptors (Lipinski definition) is 3. The maximum absolute atomic E-state index is 5.94. The van der Waals surface area contributed by atoms with Gasteiger partial charge in [-0.2, -0.15) is 0 Å². The lowest BCUT2D eigenvalue weighted by Gasteiger charge is -2.30. The summed E-state index contributed by atoms with van der Waals surface area (Å²) in [5.41, 5.74) is 3.29. The molecule has 2 aliphatic rings. The maximum atomic E-state index is 5.94. The van der Waals surface area contributed by atoms with E-state index in [1.807, 2.05) is 18.3 Å². The molecule has 2 saturated heterocycles. The molecule has 0 bridgehead atoms. The first-order valence-electron chi connectivity index (χ1n) is 10.2. The van der Waals surface area contributed by atoms with Crippen molar-refractivity contribution < 1.29 is 4.74 Å². The van der Waals surface area contributed by atoms with Gasteiger partial charge in [0.2, 0.25) is 0 Å². The molecule has 4 heterocycles. The van der Waals surface area contributed by atoms with Gasteiger partial charge in [0.1, 0.15) is 0 Å². The molecule has 1 N–H and O–H groups in total. The molecule has 3 aromatic rings. The Balaban J connectivity index is 1.56. The lowest BCUT2D eigenvalue weighted by Crippen LogP contribution is -2.36. The molecule has 0 aliphatic carbocycles. The second kappa shape index (κ2) is 8.49. The van der Waals surface area contributed by atoms with Gasteiger partial charge in [-0.25, -0.2) is 0 Å². The molecule has 0 unspecified atom stereocenters. The van der Waals surface area contributed by atoms with Crippen molar-refractivity contribution in [2.24, 2.45) is 0 Å². The molecule has 2 fully saturated rings. The van der Waals surface area contributed by atoms with Crippen molar-refractivity contribution in [1.29, 1.82) is 0 Å². The average molecular weight is 483 g/mol. The van der Waals surface area contributed by atoms with E-state index in [0.29, 0.717) is 0 Å². The summed E-state index contributed by atoms with van der Waals surface area (Å²) < 4.78 is 9.25. The van der Waals surface area contributed by atoms with Crippen LogP contribution in [0.5, 0.6) is 0 Å². The van der Waals surface area contributed by atoms with Crippen LogP contribution in [0.1, 0.15) is 36.3 Å². The molecule has 5 rings (SSSR count). The Labute approximate surface area is 190 Å². The summed E-state index contributed by atoms with van der Waals surface area (Å²) in [5.74, 6) is 0. The van der Waals surface area contributed by atoms with Gasteiger partial charge < -0.3 is 19.5 Å². The number of hydrogen-bond donors (Lipinski definition) is 1. The molecule has 0 spiro atoms. The van der Waals surface area contributed by atoms with Crippen LogP contribution in [0, 0.1) is 0 Å². The van der Waals surface area contributed by atoms with Crippen LogP contribution in [0.4, 0.5) is 0 Å². The number of thiocarbonyl (C=S) groups is 1. The zero-order chi connectivity index (χ0) is 20.5. The zero-order valence-electron chi connectivity index (χ0n) is 16.4. The highest BCUT2D eigenvalue weighted by Gasteiger charge is 2.42. The molecule has 7 heteroatoms. The Morgan fingerprint density at radius 3 is 2.73 bits per heavy atom. The summed E-state index contributed by atoms with van der Waals surface area (Å²) in [6.07, 6.45) is 6.36. The SMILES string of the molecule is S=C1N[C@H](c2ccccn2)[C@@H](c2cccn2-c2ccc(Br)cc2)N1C[C@H]1CCCO1. The molecular weight excluding hydrogens is 460 g/mol. The first kappa shape index (κ1) is 19.7. The predicted molar refractivity (Wildman–Crippen MR) is 125 cm³/mol. The van der Waals surface area contributed by atoms with Crippen LogP contribution in [0.2, 0.25) is 0 Å². The van der Waals surface area contributed by atoms with E-state index < -0.39 is 0 Å². The third-order valence-electron chi connectivity index (χ3n) is 5.81. The number of halogens is 1. The van der Waals surface area contributed by atoms with E-state index in [4.69, 9.17) is 17.0 Å². The standard InChI is InChI=1S/C23H23BrN4OS/c24-16-8-10-17(11-9-16)27-13-3-7-20(27)22-21(19-6-1-2-12-25-19)26-23(30)28(22)15-18-5-4-14-29-18/h1-3,6-13,18,21-22H,4-5,14-15H2,(H,26,30)/t18-,21-,22-/m1/s1. The van der Waals surface area contributed by atoms with Crippen molar-refractivity contribution in [2.45, 2.75) is 31.0 Å². The fraction of sp³-hybridized carbons (Fsp3) is 0.304. The number of rotatable bonds is 5. The second-order valence-electron chi connectivity index (χ2n) is 7.69. The van der Waals surface area contributed by atoms with Crippen LogP contribution in [0.15, 0.2) is 71.5 Å². The van der Waals surface area contributed by atoms with E-state index in [-0.39, 0.29) is 18.2 Å². The van der Waals surface area contributed by atoms with Crippen molar-refractivity contribution in [3.05, 3.63) is 82.9 Å². The van der Waals surface area contributed by atoms with Crippen molar-refractivity contribution in [1.82, 2.24) is 19.8 Å². The van der Waals surface area contributed by atoms with E-state index in [0.717, 1.165) is 47.0 Å². The first-order valence-corrected chi connectivity index (χ1v) is 11.4. The lowest BCUT2D eigenvalue weighted by molar-refractivity contribution is 0.0836. The molecule has 30 heavy (non-hydrogen) atoms. The molecule has 0 saturated carbocycles. The minimum Gasteiger partial charge on any atom is -0.376 e. The highest BCUT2D eigenvalue weighted by atomic mass is 79.9. The van der Waals surface area contributed by atoms with Gasteiger partial charge >= 0.3 is 0 Å². The number of pyridine rings is 1. The average Bonchev–Trinajstić information content (AvgIpc) is 3.51. The van der Waals surface area contributed by atoms with Gasteiger partial charge in [-0.1, -0.05) is 22.0 Å². The van der Waals surface area contributed by atoms with E-state index in [9.17, 15) is 0 Å². The van der Waals surface area contributed by atoms with Gasteiger partial charge in [0.05, 0.1) is 23.9 Å². The van der Waals surface area contributed by atoms with E-state index in [2.05, 4.69) is 84.4 Å². The van der Waals surface area contributed by atoms with Crippen LogP contribution in [-0.4, -0.2) is 38.8 Å². The molecular formula is C23H23BrN4OS. The number of ether oxygens (including phenoxy) is 1.